The van der Waals surface area contributed by atoms with E-state index in [4.69, 9.17) is 11.6 Å². The zero-order valence-corrected chi connectivity index (χ0v) is 11.8. The molecule has 1 N–H and O–H groups in total. The van der Waals surface area contributed by atoms with Crippen LogP contribution in [0.15, 0.2) is 18.5 Å². The van der Waals surface area contributed by atoms with Gasteiger partial charge in [0.25, 0.3) is 0 Å². The zero-order chi connectivity index (χ0) is 15.0. The van der Waals surface area contributed by atoms with E-state index in [0.717, 1.165) is 10.6 Å². The molecular weight excluding hydrogens is 293 g/mol. The Morgan fingerprint density at radius 1 is 1.35 bits per heavy atom. The molecule has 8 heteroatoms. The highest BCUT2D eigenvalue weighted by molar-refractivity contribution is 6.17. The maximum atomic E-state index is 12.7. The van der Waals surface area contributed by atoms with E-state index in [1.807, 2.05) is 13.8 Å². The molecule has 0 unspecified atom stereocenters. The van der Waals surface area contributed by atoms with Gasteiger partial charge in [-0.25, -0.2) is 9.50 Å². The van der Waals surface area contributed by atoms with Gasteiger partial charge in [0.1, 0.15) is 5.52 Å². The summed E-state index contributed by atoms with van der Waals surface area (Å²) in [5.41, 5.74) is -1.04. The van der Waals surface area contributed by atoms with E-state index in [1.165, 1.54) is 12.4 Å². The first-order valence-electron chi connectivity index (χ1n) is 5.99. The van der Waals surface area contributed by atoms with Gasteiger partial charge >= 0.3 is 6.18 Å². The SMILES string of the molecule is CC(C)(CCCl)Nc1nccn2nc(C(F)(F)F)cc12. The predicted molar refractivity (Wildman–Crippen MR) is 71.0 cm³/mol. The number of anilines is 1. The van der Waals surface area contributed by atoms with Crippen LogP contribution < -0.4 is 5.32 Å². The van der Waals surface area contributed by atoms with E-state index in [0.29, 0.717) is 18.1 Å². The molecule has 0 aromatic carbocycles. The van der Waals surface area contributed by atoms with Gasteiger partial charge in [-0.2, -0.15) is 18.3 Å². The van der Waals surface area contributed by atoms with E-state index >= 15 is 0 Å². The molecule has 2 rings (SSSR count). The molecule has 0 saturated carbocycles. The minimum atomic E-state index is -4.48. The van der Waals surface area contributed by atoms with Crippen molar-refractivity contribution in [3.05, 3.63) is 24.2 Å². The standard InChI is InChI=1S/C12H14ClF3N4/c1-11(2,3-4-13)18-10-8-7-9(12(14,15)16)19-20(8)6-5-17-10/h5-7H,3-4H2,1-2H3,(H,17,18). The fourth-order valence-electron chi connectivity index (χ4n) is 1.78. The van der Waals surface area contributed by atoms with Crippen molar-refractivity contribution in [1.29, 1.82) is 0 Å². The molecule has 0 atom stereocenters. The molecule has 0 aliphatic heterocycles. The lowest BCUT2D eigenvalue weighted by atomic mass is 10.0. The van der Waals surface area contributed by atoms with Crippen molar-refractivity contribution in [2.45, 2.75) is 32.0 Å². The van der Waals surface area contributed by atoms with E-state index in [9.17, 15) is 13.2 Å². The number of fused-ring (bicyclic) bond motifs is 1. The molecule has 110 valence electrons. The van der Waals surface area contributed by atoms with Gasteiger partial charge in [-0.1, -0.05) is 0 Å². The summed E-state index contributed by atoms with van der Waals surface area (Å²) < 4.78 is 39.2. The second-order valence-corrected chi connectivity index (χ2v) is 5.46. The largest absolute Gasteiger partial charge is 0.435 e. The number of alkyl halides is 4. The van der Waals surface area contributed by atoms with Crippen LogP contribution in [0, 0.1) is 0 Å². The highest BCUT2D eigenvalue weighted by Gasteiger charge is 2.34. The van der Waals surface area contributed by atoms with Gasteiger partial charge in [0.2, 0.25) is 0 Å². The Hall–Kier alpha value is -1.50. The fraction of sp³-hybridized carbons (Fsp3) is 0.500. The first-order valence-corrected chi connectivity index (χ1v) is 6.52. The van der Waals surface area contributed by atoms with Crippen molar-refractivity contribution >= 4 is 22.9 Å². The number of halogens is 4. The molecule has 0 fully saturated rings. The third kappa shape index (κ3) is 3.15. The summed E-state index contributed by atoms with van der Waals surface area (Å²) in [5.74, 6) is 0.793. The van der Waals surface area contributed by atoms with Crippen LogP contribution in [0.3, 0.4) is 0 Å². The Balaban J connectivity index is 2.42. The van der Waals surface area contributed by atoms with Crippen LogP contribution in [-0.2, 0) is 6.18 Å². The lowest BCUT2D eigenvalue weighted by Crippen LogP contribution is -2.31. The highest BCUT2D eigenvalue weighted by Crippen LogP contribution is 2.30. The van der Waals surface area contributed by atoms with Crippen LogP contribution in [0.4, 0.5) is 19.0 Å². The molecule has 0 saturated heterocycles. The molecule has 2 aromatic heterocycles. The number of rotatable bonds is 4. The minimum Gasteiger partial charge on any atom is -0.363 e. The zero-order valence-electron chi connectivity index (χ0n) is 11.0. The van der Waals surface area contributed by atoms with Gasteiger partial charge < -0.3 is 5.32 Å². The van der Waals surface area contributed by atoms with Gasteiger partial charge in [0, 0.05) is 29.9 Å². The highest BCUT2D eigenvalue weighted by atomic mass is 35.5. The topological polar surface area (TPSA) is 42.2 Å². The Morgan fingerprint density at radius 3 is 2.65 bits per heavy atom. The van der Waals surface area contributed by atoms with Crippen LogP contribution in [0.1, 0.15) is 26.0 Å². The van der Waals surface area contributed by atoms with E-state index < -0.39 is 11.9 Å². The summed E-state index contributed by atoms with van der Waals surface area (Å²) in [4.78, 5) is 4.09. The number of aromatic nitrogens is 3. The van der Waals surface area contributed by atoms with E-state index in [-0.39, 0.29) is 11.1 Å². The van der Waals surface area contributed by atoms with Crippen molar-refractivity contribution < 1.29 is 13.2 Å². The van der Waals surface area contributed by atoms with Crippen LogP contribution >= 0.6 is 11.6 Å². The molecule has 0 aliphatic carbocycles. The predicted octanol–water partition coefficient (Wildman–Crippen LogP) is 3.57. The molecule has 0 amide bonds. The summed E-state index contributed by atoms with van der Waals surface area (Å²) >= 11 is 5.71. The molecule has 0 aliphatic rings. The van der Waals surface area contributed by atoms with Crippen LogP contribution in [0.2, 0.25) is 0 Å². The number of hydrogen-bond donors (Lipinski definition) is 1. The maximum absolute atomic E-state index is 12.7. The average Bonchev–Trinajstić information content (AvgIpc) is 2.72. The van der Waals surface area contributed by atoms with Gasteiger partial charge in [-0.3, -0.25) is 0 Å². The summed E-state index contributed by atoms with van der Waals surface area (Å²) in [5, 5.41) is 6.61. The second kappa shape index (κ2) is 5.12. The Morgan fingerprint density at radius 2 is 2.05 bits per heavy atom. The van der Waals surface area contributed by atoms with Gasteiger partial charge in [-0.15, -0.1) is 11.6 Å². The normalized spacial score (nSPS) is 12.9. The van der Waals surface area contributed by atoms with E-state index in [2.05, 4.69) is 15.4 Å². The Kier molecular flexibility index (Phi) is 3.82. The first kappa shape index (κ1) is 14.9. The maximum Gasteiger partial charge on any atom is 0.435 e. The second-order valence-electron chi connectivity index (χ2n) is 5.08. The molecule has 0 radical (unpaired) electrons. The summed E-state index contributed by atoms with van der Waals surface area (Å²) in [6, 6.07) is 0.978. The Bertz CT molecular complexity index is 606. The molecular formula is C12H14ClF3N4. The summed E-state index contributed by atoms with van der Waals surface area (Å²) in [7, 11) is 0. The lowest BCUT2D eigenvalue weighted by molar-refractivity contribution is -0.141. The Labute approximate surface area is 118 Å². The molecule has 2 aromatic rings. The van der Waals surface area contributed by atoms with Crippen molar-refractivity contribution in [2.75, 3.05) is 11.2 Å². The number of hydrogen-bond acceptors (Lipinski definition) is 3. The van der Waals surface area contributed by atoms with Crippen LogP contribution in [-0.4, -0.2) is 26.0 Å². The first-order chi connectivity index (χ1) is 9.23. The minimum absolute atomic E-state index is 0.280. The number of nitrogens with one attached hydrogen (secondary N) is 1. The third-order valence-corrected chi connectivity index (χ3v) is 3.05. The van der Waals surface area contributed by atoms with Crippen molar-refractivity contribution in [3.8, 4) is 0 Å². The summed E-state index contributed by atoms with van der Waals surface area (Å²) in [6.07, 6.45) is -1.05. The lowest BCUT2D eigenvalue weighted by Gasteiger charge is -2.26. The van der Waals surface area contributed by atoms with Crippen LogP contribution in [0.25, 0.3) is 5.52 Å². The monoisotopic (exact) mass is 306 g/mol. The molecule has 2 heterocycles. The van der Waals surface area contributed by atoms with Crippen molar-refractivity contribution in [3.63, 3.8) is 0 Å². The van der Waals surface area contributed by atoms with Crippen molar-refractivity contribution in [1.82, 2.24) is 14.6 Å². The van der Waals surface area contributed by atoms with Gasteiger partial charge in [0.15, 0.2) is 11.5 Å². The van der Waals surface area contributed by atoms with Crippen LogP contribution in [0.5, 0.6) is 0 Å². The molecule has 0 bridgehead atoms. The fourth-order valence-corrected chi connectivity index (χ4v) is 2.25. The van der Waals surface area contributed by atoms with E-state index in [1.54, 1.807) is 0 Å². The molecule has 20 heavy (non-hydrogen) atoms. The smallest absolute Gasteiger partial charge is 0.363 e. The summed E-state index contributed by atoms with van der Waals surface area (Å²) in [6.45, 7) is 3.81. The average molecular weight is 307 g/mol. The molecule has 4 nitrogen and oxygen atoms in total. The quantitative estimate of drug-likeness (QED) is 0.878. The van der Waals surface area contributed by atoms with Crippen molar-refractivity contribution in [2.24, 2.45) is 0 Å². The molecule has 0 spiro atoms. The third-order valence-electron chi connectivity index (χ3n) is 2.86. The van der Waals surface area contributed by atoms with Gasteiger partial charge in [-0.05, 0) is 20.3 Å². The number of nitrogens with zero attached hydrogens (tertiary/aromatic N) is 3. The van der Waals surface area contributed by atoms with Gasteiger partial charge in [0.05, 0.1) is 0 Å².